The number of aromatic nitrogens is 2. The predicted molar refractivity (Wildman–Crippen MR) is 73.7 cm³/mol. The fourth-order valence-corrected chi connectivity index (χ4v) is 2.06. The minimum Gasteiger partial charge on any atom is -0.304 e. The van der Waals surface area contributed by atoms with Crippen molar-refractivity contribution in [1.29, 1.82) is 0 Å². The zero-order chi connectivity index (χ0) is 13.8. The van der Waals surface area contributed by atoms with Crippen molar-refractivity contribution >= 4 is 11.6 Å². The van der Waals surface area contributed by atoms with Crippen molar-refractivity contribution in [2.24, 2.45) is 0 Å². The van der Waals surface area contributed by atoms with Gasteiger partial charge < -0.3 is 5.32 Å². The number of hydrogen-bond acceptors (Lipinski definition) is 3. The highest BCUT2D eigenvalue weighted by atomic mass is 35.5. The number of halogens is 2. The summed E-state index contributed by atoms with van der Waals surface area (Å²) in [6, 6.07) is 3.99. The van der Waals surface area contributed by atoms with E-state index in [2.05, 4.69) is 15.3 Å². The topological polar surface area (TPSA) is 37.8 Å². The molecule has 0 saturated heterocycles. The molecule has 1 aromatic heterocycles. The molecule has 0 aliphatic rings. The Hall–Kier alpha value is -1.52. The van der Waals surface area contributed by atoms with E-state index in [1.807, 2.05) is 13.8 Å². The second-order valence-corrected chi connectivity index (χ2v) is 4.68. The van der Waals surface area contributed by atoms with Crippen molar-refractivity contribution in [3.05, 3.63) is 58.4 Å². The van der Waals surface area contributed by atoms with Gasteiger partial charge >= 0.3 is 0 Å². The van der Waals surface area contributed by atoms with Crippen molar-refractivity contribution in [2.75, 3.05) is 6.54 Å². The molecule has 0 radical (unpaired) electrons. The van der Waals surface area contributed by atoms with Gasteiger partial charge in [0.05, 0.1) is 6.04 Å². The molecule has 1 atom stereocenters. The molecule has 2 aromatic rings. The largest absolute Gasteiger partial charge is 0.304 e. The van der Waals surface area contributed by atoms with E-state index in [9.17, 15) is 4.39 Å². The predicted octanol–water partition coefficient (Wildman–Crippen LogP) is 3.28. The van der Waals surface area contributed by atoms with Crippen LogP contribution in [0.4, 0.5) is 4.39 Å². The summed E-state index contributed by atoms with van der Waals surface area (Å²) in [5, 5.41) is 3.72. The fraction of sp³-hybridized carbons (Fsp3) is 0.286. The number of nitrogens with one attached hydrogen (secondary N) is 1. The molecule has 0 aliphatic carbocycles. The third kappa shape index (κ3) is 3.28. The first-order valence-corrected chi connectivity index (χ1v) is 6.46. The summed E-state index contributed by atoms with van der Waals surface area (Å²) in [6.45, 7) is 4.59. The van der Waals surface area contributed by atoms with Crippen LogP contribution in [-0.2, 0) is 0 Å². The summed E-state index contributed by atoms with van der Waals surface area (Å²) in [4.78, 5) is 8.58. The van der Waals surface area contributed by atoms with Gasteiger partial charge in [-0.1, -0.05) is 18.5 Å². The Morgan fingerprint density at radius 2 is 2.00 bits per heavy atom. The molecule has 1 heterocycles. The number of benzene rings is 1. The van der Waals surface area contributed by atoms with Crippen LogP contribution in [0.1, 0.15) is 29.9 Å². The molecule has 1 aromatic carbocycles. The van der Waals surface area contributed by atoms with Crippen LogP contribution >= 0.6 is 11.6 Å². The molecule has 0 spiro atoms. The molecule has 1 unspecified atom stereocenters. The molecule has 2 rings (SSSR count). The van der Waals surface area contributed by atoms with Crippen LogP contribution in [0.25, 0.3) is 0 Å². The lowest BCUT2D eigenvalue weighted by atomic mass is 10.1. The van der Waals surface area contributed by atoms with Crippen LogP contribution in [0.3, 0.4) is 0 Å². The van der Waals surface area contributed by atoms with Crippen LogP contribution in [0.15, 0.2) is 30.6 Å². The van der Waals surface area contributed by atoms with E-state index in [1.165, 1.54) is 12.1 Å². The minimum atomic E-state index is -0.325. The van der Waals surface area contributed by atoms with Crippen molar-refractivity contribution in [3.8, 4) is 0 Å². The first kappa shape index (κ1) is 13.9. The van der Waals surface area contributed by atoms with Gasteiger partial charge in [0.2, 0.25) is 0 Å². The number of aryl methyl sites for hydroxylation is 1. The third-order valence-electron chi connectivity index (χ3n) is 2.74. The van der Waals surface area contributed by atoms with Gasteiger partial charge in [-0.25, -0.2) is 14.4 Å². The zero-order valence-electron chi connectivity index (χ0n) is 10.8. The average molecular weight is 280 g/mol. The Balaban J connectivity index is 2.44. The van der Waals surface area contributed by atoms with Gasteiger partial charge in [0, 0.05) is 17.4 Å². The first-order valence-electron chi connectivity index (χ1n) is 6.08. The fourth-order valence-electron chi connectivity index (χ4n) is 1.83. The van der Waals surface area contributed by atoms with Gasteiger partial charge in [0.15, 0.2) is 0 Å². The smallest absolute Gasteiger partial charge is 0.149 e. The van der Waals surface area contributed by atoms with Crippen molar-refractivity contribution in [2.45, 2.75) is 19.9 Å². The second kappa shape index (κ2) is 6.08. The molecule has 5 heteroatoms. The maximum Gasteiger partial charge on any atom is 0.149 e. The van der Waals surface area contributed by atoms with E-state index in [1.54, 1.807) is 18.5 Å². The quantitative estimate of drug-likeness (QED) is 0.933. The lowest BCUT2D eigenvalue weighted by molar-refractivity contribution is 0.583. The molecule has 1 N–H and O–H groups in total. The Kier molecular flexibility index (Phi) is 4.45. The highest BCUT2D eigenvalue weighted by Crippen LogP contribution is 2.27. The van der Waals surface area contributed by atoms with Crippen LogP contribution < -0.4 is 5.32 Å². The summed E-state index contributed by atoms with van der Waals surface area (Å²) < 4.78 is 13.4. The van der Waals surface area contributed by atoms with Crippen LogP contribution in [-0.4, -0.2) is 16.5 Å². The normalized spacial score (nSPS) is 12.4. The third-order valence-corrected chi connectivity index (χ3v) is 3.08. The molecule has 0 bridgehead atoms. The Morgan fingerprint density at radius 1 is 1.32 bits per heavy atom. The molecule has 3 nitrogen and oxygen atoms in total. The number of hydrogen-bond donors (Lipinski definition) is 1. The van der Waals surface area contributed by atoms with Gasteiger partial charge in [0.1, 0.15) is 11.6 Å². The van der Waals surface area contributed by atoms with E-state index in [4.69, 9.17) is 11.6 Å². The molecule has 19 heavy (non-hydrogen) atoms. The minimum absolute atomic E-state index is 0.311. The van der Waals surface area contributed by atoms with Gasteiger partial charge in [-0.15, -0.1) is 0 Å². The Morgan fingerprint density at radius 3 is 2.63 bits per heavy atom. The lowest BCUT2D eigenvalue weighted by Gasteiger charge is -2.18. The van der Waals surface area contributed by atoms with Gasteiger partial charge in [-0.2, -0.15) is 0 Å². The highest BCUT2D eigenvalue weighted by Gasteiger charge is 2.19. The second-order valence-electron chi connectivity index (χ2n) is 4.28. The molecule has 100 valence electrons. The summed E-state index contributed by atoms with van der Waals surface area (Å²) in [6.07, 6.45) is 3.47. The molecular weight excluding hydrogens is 265 g/mol. The SMILES string of the molecule is CCNC(c1ncc(C)cn1)c1cc(F)ccc1Cl. The van der Waals surface area contributed by atoms with E-state index in [0.29, 0.717) is 23.0 Å². The maximum absolute atomic E-state index is 13.4. The summed E-state index contributed by atoms with van der Waals surface area (Å²) in [5.74, 6) is 0.259. The number of rotatable bonds is 4. The Bertz CT molecular complexity index is 557. The van der Waals surface area contributed by atoms with E-state index in [0.717, 1.165) is 5.56 Å². The Labute approximate surface area is 116 Å². The molecule has 0 fully saturated rings. The summed E-state index contributed by atoms with van der Waals surface area (Å²) >= 11 is 6.15. The van der Waals surface area contributed by atoms with E-state index >= 15 is 0 Å². The van der Waals surface area contributed by atoms with Gasteiger partial charge in [0.25, 0.3) is 0 Å². The van der Waals surface area contributed by atoms with Gasteiger partial charge in [-0.3, -0.25) is 0 Å². The first-order chi connectivity index (χ1) is 9.11. The van der Waals surface area contributed by atoms with E-state index in [-0.39, 0.29) is 11.9 Å². The highest BCUT2D eigenvalue weighted by molar-refractivity contribution is 6.31. The average Bonchev–Trinajstić information content (AvgIpc) is 2.40. The molecule has 0 aliphatic heterocycles. The molecular formula is C14H15ClFN3. The standard InChI is InChI=1S/C14H15ClFN3/c1-3-17-13(14-18-7-9(2)8-19-14)11-6-10(16)4-5-12(11)15/h4-8,13,17H,3H2,1-2H3. The van der Waals surface area contributed by atoms with Crippen LogP contribution in [0.5, 0.6) is 0 Å². The van der Waals surface area contributed by atoms with Crippen molar-refractivity contribution < 1.29 is 4.39 Å². The van der Waals surface area contributed by atoms with E-state index < -0.39 is 0 Å². The zero-order valence-corrected chi connectivity index (χ0v) is 11.6. The van der Waals surface area contributed by atoms with Crippen molar-refractivity contribution in [3.63, 3.8) is 0 Å². The molecule has 0 saturated carbocycles. The van der Waals surface area contributed by atoms with Gasteiger partial charge in [-0.05, 0) is 42.8 Å². The summed E-state index contributed by atoms with van der Waals surface area (Å²) in [5.41, 5.74) is 1.62. The maximum atomic E-state index is 13.4. The lowest BCUT2D eigenvalue weighted by Crippen LogP contribution is -2.24. The molecule has 0 amide bonds. The monoisotopic (exact) mass is 279 g/mol. The van der Waals surface area contributed by atoms with Crippen molar-refractivity contribution in [1.82, 2.24) is 15.3 Å². The van der Waals surface area contributed by atoms with Crippen LogP contribution in [0.2, 0.25) is 5.02 Å². The summed E-state index contributed by atoms with van der Waals surface area (Å²) in [7, 11) is 0. The van der Waals surface area contributed by atoms with Crippen LogP contribution in [0, 0.1) is 12.7 Å². The number of nitrogens with zero attached hydrogens (tertiary/aromatic N) is 2.